The Labute approximate surface area is 137 Å². The summed E-state index contributed by atoms with van der Waals surface area (Å²) in [7, 11) is 0. The van der Waals surface area contributed by atoms with Gasteiger partial charge in [-0.05, 0) is 36.8 Å². The molecule has 2 aromatic rings. The summed E-state index contributed by atoms with van der Waals surface area (Å²) in [5, 5.41) is 0. The molecule has 0 N–H and O–H groups in total. The van der Waals surface area contributed by atoms with Crippen molar-refractivity contribution in [3.05, 3.63) is 71.6 Å². The Balaban J connectivity index is 1.53. The van der Waals surface area contributed by atoms with E-state index in [1.165, 1.54) is 23.3 Å². The minimum Gasteiger partial charge on any atom is -0.369 e. The molecule has 0 atom stereocenters. The van der Waals surface area contributed by atoms with Crippen LogP contribution < -0.4 is 4.90 Å². The van der Waals surface area contributed by atoms with E-state index >= 15 is 0 Å². The van der Waals surface area contributed by atoms with Gasteiger partial charge in [-0.25, -0.2) is 4.39 Å². The summed E-state index contributed by atoms with van der Waals surface area (Å²) in [6, 6.07) is 17.3. The summed E-state index contributed by atoms with van der Waals surface area (Å²) in [6.45, 7) is 7.26. The van der Waals surface area contributed by atoms with Gasteiger partial charge in [0.05, 0.1) is 0 Å². The number of halogens is 1. The lowest BCUT2D eigenvalue weighted by atomic mass is 10.1. The summed E-state index contributed by atoms with van der Waals surface area (Å²) in [5.41, 5.74) is 3.75. The molecule has 1 aliphatic rings. The molecule has 0 saturated carbocycles. The van der Waals surface area contributed by atoms with Gasteiger partial charge in [0.15, 0.2) is 0 Å². The maximum Gasteiger partial charge on any atom is 0.123 e. The molecule has 0 aromatic heterocycles. The molecule has 1 aliphatic heterocycles. The zero-order chi connectivity index (χ0) is 16.1. The van der Waals surface area contributed by atoms with E-state index in [-0.39, 0.29) is 5.82 Å². The molecule has 2 nitrogen and oxygen atoms in total. The van der Waals surface area contributed by atoms with Gasteiger partial charge in [-0.2, -0.15) is 0 Å². The molecule has 0 spiro atoms. The topological polar surface area (TPSA) is 6.48 Å². The number of anilines is 1. The van der Waals surface area contributed by atoms with E-state index in [0.717, 1.165) is 38.4 Å². The second-order valence-corrected chi connectivity index (χ2v) is 6.14. The SMILES string of the molecule is CC(=Cc1ccccc1)CN1CCN(c2ccc(F)cc2)CC1. The van der Waals surface area contributed by atoms with Gasteiger partial charge in [0.1, 0.15) is 5.82 Å². The molecular formula is C20H23FN2. The van der Waals surface area contributed by atoms with E-state index in [9.17, 15) is 4.39 Å². The number of hydrogen-bond donors (Lipinski definition) is 0. The van der Waals surface area contributed by atoms with Crippen molar-refractivity contribution < 1.29 is 4.39 Å². The van der Waals surface area contributed by atoms with E-state index in [1.807, 2.05) is 18.2 Å². The van der Waals surface area contributed by atoms with Gasteiger partial charge >= 0.3 is 0 Å². The van der Waals surface area contributed by atoms with Crippen molar-refractivity contribution in [2.24, 2.45) is 0 Å². The van der Waals surface area contributed by atoms with E-state index in [0.29, 0.717) is 0 Å². The maximum atomic E-state index is 13.0. The minimum atomic E-state index is -0.172. The molecule has 23 heavy (non-hydrogen) atoms. The molecule has 2 aromatic carbocycles. The number of nitrogens with zero attached hydrogens (tertiary/aromatic N) is 2. The average Bonchev–Trinajstić information content (AvgIpc) is 2.57. The van der Waals surface area contributed by atoms with Crippen LogP contribution in [0.3, 0.4) is 0 Å². The third kappa shape index (κ3) is 4.42. The van der Waals surface area contributed by atoms with Crippen molar-refractivity contribution in [2.75, 3.05) is 37.6 Å². The molecule has 0 radical (unpaired) electrons. The van der Waals surface area contributed by atoms with Crippen LogP contribution in [-0.2, 0) is 0 Å². The van der Waals surface area contributed by atoms with Crippen LogP contribution in [0.4, 0.5) is 10.1 Å². The lowest BCUT2D eigenvalue weighted by Gasteiger charge is -2.36. The molecule has 1 fully saturated rings. The highest BCUT2D eigenvalue weighted by atomic mass is 19.1. The second-order valence-electron chi connectivity index (χ2n) is 6.14. The fourth-order valence-corrected chi connectivity index (χ4v) is 3.05. The number of benzene rings is 2. The molecular weight excluding hydrogens is 287 g/mol. The van der Waals surface area contributed by atoms with Crippen molar-refractivity contribution in [3.8, 4) is 0 Å². The van der Waals surface area contributed by atoms with Gasteiger partial charge in [-0.3, -0.25) is 4.90 Å². The Morgan fingerprint density at radius 1 is 0.957 bits per heavy atom. The van der Waals surface area contributed by atoms with Crippen LogP contribution >= 0.6 is 0 Å². The first-order valence-corrected chi connectivity index (χ1v) is 8.16. The van der Waals surface area contributed by atoms with E-state index in [4.69, 9.17) is 0 Å². The Hall–Kier alpha value is -2.13. The van der Waals surface area contributed by atoms with Crippen molar-refractivity contribution in [1.82, 2.24) is 4.90 Å². The van der Waals surface area contributed by atoms with Crippen LogP contribution in [0.5, 0.6) is 0 Å². The first-order valence-electron chi connectivity index (χ1n) is 8.16. The lowest BCUT2D eigenvalue weighted by molar-refractivity contribution is 0.279. The first-order chi connectivity index (χ1) is 11.2. The summed E-state index contributed by atoms with van der Waals surface area (Å²) in [5.74, 6) is -0.172. The highest BCUT2D eigenvalue weighted by Crippen LogP contribution is 2.17. The Morgan fingerprint density at radius 3 is 2.26 bits per heavy atom. The van der Waals surface area contributed by atoms with E-state index in [2.05, 4.69) is 47.1 Å². The normalized spacial score (nSPS) is 16.6. The zero-order valence-corrected chi connectivity index (χ0v) is 13.6. The minimum absolute atomic E-state index is 0.172. The standard InChI is InChI=1S/C20H23FN2/c1-17(15-18-5-3-2-4-6-18)16-22-11-13-23(14-12-22)20-9-7-19(21)8-10-20/h2-10,15H,11-14,16H2,1H3. The molecule has 0 amide bonds. The van der Waals surface area contributed by atoms with Crippen molar-refractivity contribution in [3.63, 3.8) is 0 Å². The zero-order valence-electron chi connectivity index (χ0n) is 13.6. The molecule has 120 valence electrons. The molecule has 1 saturated heterocycles. The Kier molecular flexibility index (Phi) is 5.09. The van der Waals surface area contributed by atoms with Gasteiger partial charge in [0.2, 0.25) is 0 Å². The van der Waals surface area contributed by atoms with Gasteiger partial charge in [-0.15, -0.1) is 0 Å². The van der Waals surface area contributed by atoms with Gasteiger partial charge in [0.25, 0.3) is 0 Å². The van der Waals surface area contributed by atoms with Crippen molar-refractivity contribution in [1.29, 1.82) is 0 Å². The summed E-state index contributed by atoms with van der Waals surface area (Å²) in [4.78, 5) is 4.81. The molecule has 0 aliphatic carbocycles. The molecule has 0 unspecified atom stereocenters. The Bertz CT molecular complexity index is 641. The summed E-state index contributed by atoms with van der Waals surface area (Å²) in [6.07, 6.45) is 2.26. The van der Waals surface area contributed by atoms with Crippen LogP contribution in [0.1, 0.15) is 12.5 Å². The number of hydrogen-bond acceptors (Lipinski definition) is 2. The van der Waals surface area contributed by atoms with E-state index < -0.39 is 0 Å². The highest BCUT2D eigenvalue weighted by molar-refractivity contribution is 5.52. The summed E-state index contributed by atoms with van der Waals surface area (Å²) >= 11 is 0. The molecule has 3 heteroatoms. The van der Waals surface area contributed by atoms with Crippen LogP contribution in [0.2, 0.25) is 0 Å². The third-order valence-electron chi connectivity index (χ3n) is 4.25. The smallest absolute Gasteiger partial charge is 0.123 e. The fraction of sp³-hybridized carbons (Fsp3) is 0.300. The second kappa shape index (κ2) is 7.42. The van der Waals surface area contributed by atoms with Crippen molar-refractivity contribution in [2.45, 2.75) is 6.92 Å². The molecule has 1 heterocycles. The van der Waals surface area contributed by atoms with Crippen LogP contribution in [-0.4, -0.2) is 37.6 Å². The van der Waals surface area contributed by atoms with Crippen LogP contribution in [0.25, 0.3) is 6.08 Å². The van der Waals surface area contributed by atoms with Crippen molar-refractivity contribution >= 4 is 11.8 Å². The first kappa shape index (κ1) is 15.8. The predicted octanol–water partition coefficient (Wildman–Crippen LogP) is 4.05. The fourth-order valence-electron chi connectivity index (χ4n) is 3.05. The van der Waals surface area contributed by atoms with Gasteiger partial charge < -0.3 is 4.90 Å². The monoisotopic (exact) mass is 310 g/mol. The van der Waals surface area contributed by atoms with Gasteiger partial charge in [0, 0.05) is 38.4 Å². The largest absolute Gasteiger partial charge is 0.369 e. The van der Waals surface area contributed by atoms with Crippen LogP contribution in [0.15, 0.2) is 60.2 Å². The highest BCUT2D eigenvalue weighted by Gasteiger charge is 2.17. The average molecular weight is 310 g/mol. The Morgan fingerprint density at radius 2 is 1.61 bits per heavy atom. The quantitative estimate of drug-likeness (QED) is 0.840. The predicted molar refractivity (Wildman–Crippen MR) is 95.1 cm³/mol. The third-order valence-corrected chi connectivity index (χ3v) is 4.25. The van der Waals surface area contributed by atoms with E-state index in [1.54, 1.807) is 0 Å². The lowest BCUT2D eigenvalue weighted by Crippen LogP contribution is -2.46. The number of piperazine rings is 1. The van der Waals surface area contributed by atoms with Gasteiger partial charge in [-0.1, -0.05) is 42.0 Å². The maximum absolute atomic E-state index is 13.0. The number of rotatable bonds is 4. The summed E-state index contributed by atoms with van der Waals surface area (Å²) < 4.78 is 13.0. The van der Waals surface area contributed by atoms with Crippen LogP contribution in [0, 0.1) is 5.82 Å². The molecule has 3 rings (SSSR count). The molecule has 0 bridgehead atoms.